The lowest BCUT2D eigenvalue weighted by Crippen LogP contribution is -2.41. The standard InChI is InChI=1S/C33H34N6O6S/c1-19(24(34)15-36-33(42)23-7-5-6-8-27(23)40)11-30-38-25(16-46-30)20-9-10-22(26(12-20)39-18-35-17-37-39)31(41)21-13-28(43-2)32(45-4)29(14-21)44-3/h5-10,12-14,16-19,24,40H,11,15,34H2,1-4H3,(H,36,42). The summed E-state index contributed by atoms with van der Waals surface area (Å²) >= 11 is 1.51. The molecule has 0 fully saturated rings. The Labute approximate surface area is 269 Å². The van der Waals surface area contributed by atoms with E-state index in [4.69, 9.17) is 24.9 Å². The Kier molecular flexibility index (Phi) is 9.94. The number of carbonyl (C=O) groups excluding carboxylic acids is 2. The molecule has 2 unspecified atom stereocenters. The molecular formula is C33H34N6O6S. The zero-order valence-electron chi connectivity index (χ0n) is 25.8. The average Bonchev–Trinajstić information content (AvgIpc) is 3.79. The number of nitrogens with one attached hydrogen (secondary N) is 1. The van der Waals surface area contributed by atoms with Crippen LogP contribution in [0.2, 0.25) is 0 Å². The highest BCUT2D eigenvalue weighted by atomic mass is 32.1. The maximum absolute atomic E-state index is 13.9. The van der Waals surface area contributed by atoms with Crippen molar-refractivity contribution in [2.75, 3.05) is 27.9 Å². The molecule has 1 amide bonds. The molecule has 2 aromatic heterocycles. The fraction of sp³-hybridized carbons (Fsp3) is 0.242. The maximum Gasteiger partial charge on any atom is 0.255 e. The van der Waals surface area contributed by atoms with Gasteiger partial charge in [-0.15, -0.1) is 11.3 Å². The topological polar surface area (TPSA) is 164 Å². The van der Waals surface area contributed by atoms with E-state index in [0.29, 0.717) is 40.5 Å². The van der Waals surface area contributed by atoms with Crippen molar-refractivity contribution in [2.45, 2.75) is 19.4 Å². The number of para-hydroxylation sites is 1. The van der Waals surface area contributed by atoms with Crippen LogP contribution in [-0.4, -0.2) is 70.5 Å². The van der Waals surface area contributed by atoms with Crippen molar-refractivity contribution in [3.63, 3.8) is 0 Å². The van der Waals surface area contributed by atoms with E-state index in [2.05, 4.69) is 15.4 Å². The zero-order chi connectivity index (χ0) is 32.8. The van der Waals surface area contributed by atoms with Crippen molar-refractivity contribution in [1.82, 2.24) is 25.1 Å². The first kappa shape index (κ1) is 32.1. The van der Waals surface area contributed by atoms with Gasteiger partial charge in [-0.1, -0.05) is 25.1 Å². The van der Waals surface area contributed by atoms with Crippen molar-refractivity contribution >= 4 is 23.0 Å². The van der Waals surface area contributed by atoms with Gasteiger partial charge in [-0.05, 0) is 42.3 Å². The van der Waals surface area contributed by atoms with Crippen molar-refractivity contribution in [2.24, 2.45) is 11.7 Å². The van der Waals surface area contributed by atoms with Crippen LogP contribution in [0.15, 0.2) is 72.6 Å². The van der Waals surface area contributed by atoms with Crippen LogP contribution in [-0.2, 0) is 6.42 Å². The number of benzene rings is 3. The molecule has 0 saturated heterocycles. The highest BCUT2D eigenvalue weighted by Crippen LogP contribution is 2.39. The minimum atomic E-state index is -0.382. The fourth-order valence-corrected chi connectivity index (χ4v) is 5.86. The van der Waals surface area contributed by atoms with Gasteiger partial charge in [0.15, 0.2) is 17.3 Å². The lowest BCUT2D eigenvalue weighted by Gasteiger charge is -2.19. The molecule has 2 heterocycles. The minimum Gasteiger partial charge on any atom is -0.507 e. The lowest BCUT2D eigenvalue weighted by molar-refractivity contribution is 0.0945. The number of ether oxygens (including phenoxy) is 3. The van der Waals surface area contributed by atoms with Gasteiger partial charge in [0.1, 0.15) is 18.4 Å². The first-order chi connectivity index (χ1) is 22.2. The predicted molar refractivity (Wildman–Crippen MR) is 173 cm³/mol. The predicted octanol–water partition coefficient (Wildman–Crippen LogP) is 4.29. The number of carbonyl (C=O) groups is 2. The van der Waals surface area contributed by atoms with Crippen molar-refractivity contribution in [3.05, 3.63) is 94.3 Å². The smallest absolute Gasteiger partial charge is 0.255 e. The first-order valence-electron chi connectivity index (χ1n) is 14.3. The Hall–Kier alpha value is -5.27. The Morgan fingerprint density at radius 2 is 1.76 bits per heavy atom. The van der Waals surface area contributed by atoms with Gasteiger partial charge in [-0.25, -0.2) is 14.6 Å². The fourth-order valence-electron chi connectivity index (χ4n) is 4.91. The number of ketones is 1. The van der Waals surface area contributed by atoms with Crippen LogP contribution in [0.5, 0.6) is 23.0 Å². The Balaban J connectivity index is 1.34. The SMILES string of the molecule is COc1cc(C(=O)c2ccc(-c3csc(CC(C)C(N)CNC(=O)c4ccccc4O)n3)cc2-n2cncn2)cc(OC)c1OC. The summed E-state index contributed by atoms with van der Waals surface area (Å²) in [4.78, 5) is 35.2. The second-order valence-electron chi connectivity index (χ2n) is 10.5. The van der Waals surface area contributed by atoms with E-state index in [1.165, 1.54) is 56.1 Å². The van der Waals surface area contributed by atoms with E-state index in [-0.39, 0.29) is 41.5 Å². The average molecular weight is 643 g/mol. The molecule has 238 valence electrons. The quantitative estimate of drug-likeness (QED) is 0.158. The number of rotatable bonds is 13. The number of amides is 1. The summed E-state index contributed by atoms with van der Waals surface area (Å²) < 4.78 is 17.8. The van der Waals surface area contributed by atoms with Crippen LogP contribution < -0.4 is 25.3 Å². The number of aromatic nitrogens is 4. The number of hydrogen-bond donors (Lipinski definition) is 3. The third-order valence-corrected chi connectivity index (χ3v) is 8.43. The van der Waals surface area contributed by atoms with Crippen LogP contribution in [0.3, 0.4) is 0 Å². The van der Waals surface area contributed by atoms with E-state index < -0.39 is 0 Å². The van der Waals surface area contributed by atoms with E-state index in [0.717, 1.165) is 16.3 Å². The van der Waals surface area contributed by atoms with Crippen molar-refractivity contribution in [1.29, 1.82) is 0 Å². The third kappa shape index (κ3) is 6.85. The van der Waals surface area contributed by atoms with Crippen molar-refractivity contribution in [3.8, 4) is 39.9 Å². The van der Waals surface area contributed by atoms with Crippen LogP contribution in [0.25, 0.3) is 16.9 Å². The van der Waals surface area contributed by atoms with E-state index >= 15 is 0 Å². The number of hydrogen-bond acceptors (Lipinski definition) is 11. The largest absolute Gasteiger partial charge is 0.507 e. The molecule has 2 atom stereocenters. The molecule has 0 aliphatic carbocycles. The van der Waals surface area contributed by atoms with E-state index in [1.54, 1.807) is 36.4 Å². The maximum atomic E-state index is 13.9. The highest BCUT2D eigenvalue weighted by Gasteiger charge is 2.23. The third-order valence-electron chi connectivity index (χ3n) is 7.56. The minimum absolute atomic E-state index is 0.00727. The zero-order valence-corrected chi connectivity index (χ0v) is 26.6. The molecule has 46 heavy (non-hydrogen) atoms. The first-order valence-corrected chi connectivity index (χ1v) is 15.2. The Morgan fingerprint density at radius 1 is 1.02 bits per heavy atom. The van der Waals surface area contributed by atoms with Crippen LogP contribution in [0.1, 0.15) is 38.2 Å². The van der Waals surface area contributed by atoms with Gasteiger partial charge in [0.05, 0.1) is 43.3 Å². The normalized spacial score (nSPS) is 12.3. The van der Waals surface area contributed by atoms with Gasteiger partial charge in [-0.2, -0.15) is 5.10 Å². The van der Waals surface area contributed by atoms with Gasteiger partial charge in [0.2, 0.25) is 5.75 Å². The van der Waals surface area contributed by atoms with Crippen LogP contribution in [0, 0.1) is 5.92 Å². The molecule has 0 bridgehead atoms. The van der Waals surface area contributed by atoms with E-state index in [9.17, 15) is 14.7 Å². The molecule has 5 rings (SSSR count). The number of nitrogens with zero attached hydrogens (tertiary/aromatic N) is 4. The van der Waals surface area contributed by atoms with Gasteiger partial charge in [-0.3, -0.25) is 9.59 Å². The molecule has 5 aromatic rings. The summed E-state index contributed by atoms with van der Waals surface area (Å²) in [6.45, 7) is 2.25. The molecular weight excluding hydrogens is 608 g/mol. The highest BCUT2D eigenvalue weighted by molar-refractivity contribution is 7.09. The molecule has 13 heteroatoms. The summed E-state index contributed by atoms with van der Waals surface area (Å²) in [6, 6.07) is 14.7. The monoisotopic (exact) mass is 642 g/mol. The van der Waals surface area contributed by atoms with E-state index in [1.807, 2.05) is 24.4 Å². The second-order valence-corrected chi connectivity index (χ2v) is 11.5. The van der Waals surface area contributed by atoms with Gasteiger partial charge >= 0.3 is 0 Å². The van der Waals surface area contributed by atoms with Crippen LogP contribution >= 0.6 is 11.3 Å². The number of nitrogens with two attached hydrogens (primary N) is 1. The molecule has 0 radical (unpaired) electrons. The molecule has 4 N–H and O–H groups in total. The summed E-state index contributed by atoms with van der Waals surface area (Å²) in [6.07, 6.45) is 3.53. The van der Waals surface area contributed by atoms with Gasteiger partial charge in [0.25, 0.3) is 5.91 Å². The number of thiazole rings is 1. The molecule has 12 nitrogen and oxygen atoms in total. The Bertz CT molecular complexity index is 1820. The number of phenols is 1. The Morgan fingerprint density at radius 3 is 2.41 bits per heavy atom. The number of aromatic hydroxyl groups is 1. The van der Waals surface area contributed by atoms with Gasteiger partial charge in [0, 0.05) is 41.1 Å². The molecule has 3 aromatic carbocycles. The summed E-state index contributed by atoms with van der Waals surface area (Å²) in [5.74, 6) is 0.396. The number of methoxy groups -OCH3 is 3. The molecule has 0 saturated carbocycles. The van der Waals surface area contributed by atoms with Crippen LogP contribution in [0.4, 0.5) is 0 Å². The second kappa shape index (κ2) is 14.2. The molecule has 0 spiro atoms. The summed E-state index contributed by atoms with van der Waals surface area (Å²) in [7, 11) is 4.49. The summed E-state index contributed by atoms with van der Waals surface area (Å²) in [5.41, 5.74) is 9.40. The molecule has 0 aliphatic rings. The number of phenolic OH excluding ortho intramolecular Hbond substituents is 1. The van der Waals surface area contributed by atoms with Gasteiger partial charge < -0.3 is 30.4 Å². The van der Waals surface area contributed by atoms with Crippen molar-refractivity contribution < 1.29 is 28.9 Å². The summed E-state index contributed by atoms with van der Waals surface area (Å²) in [5, 5.41) is 19.8. The molecule has 0 aliphatic heterocycles. The lowest BCUT2D eigenvalue weighted by atomic mass is 9.98.